The number of hydrogen-bond donors (Lipinski definition) is 5. The van der Waals surface area contributed by atoms with Gasteiger partial charge in [-0.15, -0.1) is 0 Å². The van der Waals surface area contributed by atoms with Crippen molar-refractivity contribution in [3.05, 3.63) is 53.6 Å². The normalized spacial score (nSPS) is 42.9. The van der Waals surface area contributed by atoms with Crippen LogP contribution in [0.25, 0.3) is 6.08 Å². The van der Waals surface area contributed by atoms with Gasteiger partial charge in [0.05, 0.1) is 54.7 Å². The molecule has 22 heteroatoms. The van der Waals surface area contributed by atoms with Crippen molar-refractivity contribution in [3.63, 3.8) is 0 Å². The van der Waals surface area contributed by atoms with E-state index in [0.29, 0.717) is 32.1 Å². The number of Topliss-reactive ketones (excluding diaryl/α,β-unsaturated/α-hetero) is 2. The number of aliphatic hydroxyl groups excluding tert-OH is 4. The summed E-state index contributed by atoms with van der Waals surface area (Å²) in [6.07, 6.45) is -10.1. The molecule has 8 rings (SSSR count). The highest BCUT2D eigenvalue weighted by Gasteiger charge is 2.66. The Hall–Kier alpha value is -3.66. The minimum atomic E-state index is -1.91. The average molecular weight is 1150 g/mol. The Morgan fingerprint density at radius 1 is 0.753 bits per heavy atom. The Morgan fingerprint density at radius 3 is 1.85 bits per heavy atom. The van der Waals surface area contributed by atoms with Gasteiger partial charge in [0.2, 0.25) is 0 Å². The lowest BCUT2D eigenvalue weighted by atomic mass is 9.56. The number of carbonyl (C=O) groups excluding carboxylic acids is 4. The van der Waals surface area contributed by atoms with E-state index in [1.807, 2.05) is 57.2 Å². The van der Waals surface area contributed by atoms with Crippen molar-refractivity contribution in [2.24, 2.45) is 16.7 Å². The number of aliphatic hydroxyl groups is 5. The molecule has 24 unspecified atom stereocenters. The van der Waals surface area contributed by atoms with Gasteiger partial charge in [-0.2, -0.15) is 0 Å². The van der Waals surface area contributed by atoms with E-state index >= 15 is 0 Å². The van der Waals surface area contributed by atoms with Crippen LogP contribution in [0.2, 0.25) is 0 Å². The maximum atomic E-state index is 14.2. The van der Waals surface area contributed by atoms with Crippen molar-refractivity contribution >= 4 is 29.6 Å². The summed E-state index contributed by atoms with van der Waals surface area (Å²) in [4.78, 5) is 54.3. The van der Waals surface area contributed by atoms with Crippen LogP contribution < -0.4 is 0 Å². The van der Waals surface area contributed by atoms with E-state index in [0.717, 1.165) is 11.1 Å². The van der Waals surface area contributed by atoms with Gasteiger partial charge in [0.1, 0.15) is 72.1 Å². The first kappa shape index (κ1) is 63.4. The molecule has 1 aromatic carbocycles. The van der Waals surface area contributed by atoms with Crippen LogP contribution in [-0.4, -0.2) is 205 Å². The monoisotopic (exact) mass is 1150 g/mol. The molecule has 22 nitrogen and oxygen atoms in total. The van der Waals surface area contributed by atoms with Crippen molar-refractivity contribution < 1.29 is 106 Å². The number of benzene rings is 1. The highest BCUT2D eigenvalue weighted by Crippen LogP contribution is 2.56. The summed E-state index contributed by atoms with van der Waals surface area (Å²) < 4.78 is 80.3. The molecule has 4 aliphatic heterocycles. The Kier molecular flexibility index (Phi) is 20.9. The van der Waals surface area contributed by atoms with Gasteiger partial charge >= 0.3 is 11.9 Å². The van der Waals surface area contributed by atoms with Gasteiger partial charge in [-0.25, -0.2) is 4.79 Å². The molecule has 7 aliphatic rings. The van der Waals surface area contributed by atoms with Gasteiger partial charge < -0.3 is 87.1 Å². The summed E-state index contributed by atoms with van der Waals surface area (Å²) >= 11 is 0. The minimum absolute atomic E-state index is 0.0305. The Balaban J connectivity index is 0.875. The highest BCUT2D eigenvalue weighted by atomic mass is 16.8. The lowest BCUT2D eigenvalue weighted by Gasteiger charge is -2.51. The SMILES string of the molecule is COC1CC(OC2CCC3(C)C(=CCC(=O)C3CC(OC(=O)C=Cc3ccccc3)C3(C)C(=O)CCC3(O)C(C)OC(C)=O)C2)OC(C)C1OC1CC(OC)C(OC2CC(OC)C(OC3OC(CO)C(O)C(O)C3O)C(C)O2)C(C)O1. The molecule has 3 aliphatic carbocycles. The van der Waals surface area contributed by atoms with E-state index in [9.17, 15) is 44.7 Å². The average Bonchev–Trinajstić information content (AvgIpc) is 2.95. The zero-order chi connectivity index (χ0) is 58.7. The van der Waals surface area contributed by atoms with Gasteiger partial charge in [-0.05, 0) is 83.8 Å². The molecule has 454 valence electrons. The summed E-state index contributed by atoms with van der Waals surface area (Å²) in [5.74, 6) is -2.52. The zero-order valence-electron chi connectivity index (χ0n) is 48.2. The third-order valence-electron chi connectivity index (χ3n) is 18.5. The summed E-state index contributed by atoms with van der Waals surface area (Å²) in [6.45, 7) is 11.2. The minimum Gasteiger partial charge on any atom is -0.460 e. The summed E-state index contributed by atoms with van der Waals surface area (Å²) in [6, 6.07) is 9.16. The van der Waals surface area contributed by atoms with E-state index in [2.05, 4.69) is 0 Å². The second-order valence-electron chi connectivity index (χ2n) is 23.4. The first-order valence-electron chi connectivity index (χ1n) is 28.5. The molecule has 4 saturated heterocycles. The number of ketones is 2. The van der Waals surface area contributed by atoms with Crippen molar-refractivity contribution in [1.82, 2.24) is 0 Å². The largest absolute Gasteiger partial charge is 0.460 e. The van der Waals surface area contributed by atoms with E-state index in [1.165, 1.54) is 27.0 Å². The Bertz CT molecular complexity index is 2370. The van der Waals surface area contributed by atoms with Crippen LogP contribution in [0.3, 0.4) is 0 Å². The molecule has 4 heterocycles. The van der Waals surface area contributed by atoms with Crippen LogP contribution in [0.5, 0.6) is 0 Å². The van der Waals surface area contributed by atoms with E-state index < -0.39 is 158 Å². The van der Waals surface area contributed by atoms with Crippen molar-refractivity contribution in [3.8, 4) is 0 Å². The second kappa shape index (κ2) is 26.7. The molecule has 0 bridgehead atoms. The van der Waals surface area contributed by atoms with Crippen molar-refractivity contribution in [2.75, 3.05) is 27.9 Å². The number of methoxy groups -OCH3 is 3. The third-order valence-corrected chi connectivity index (χ3v) is 18.5. The number of carbonyl (C=O) groups is 4. The van der Waals surface area contributed by atoms with Crippen LogP contribution in [0.15, 0.2) is 48.1 Å². The van der Waals surface area contributed by atoms with Crippen molar-refractivity contribution in [2.45, 2.75) is 241 Å². The quantitative estimate of drug-likeness (QED) is 0.0709. The summed E-state index contributed by atoms with van der Waals surface area (Å²) in [5, 5.41) is 53.3. The summed E-state index contributed by atoms with van der Waals surface area (Å²) in [5.41, 5.74) is -2.60. The topological polar surface area (TPSA) is 289 Å². The molecule has 6 fully saturated rings. The molecule has 24 atom stereocenters. The molecule has 0 spiro atoms. The highest BCUT2D eigenvalue weighted by molar-refractivity contribution is 5.92. The fourth-order valence-electron chi connectivity index (χ4n) is 13.6. The van der Waals surface area contributed by atoms with Gasteiger partial charge in [0.25, 0.3) is 0 Å². The molecular weight excluding hydrogens is 1060 g/mol. The number of ether oxygens (including phenoxy) is 13. The van der Waals surface area contributed by atoms with E-state index in [4.69, 9.17) is 61.6 Å². The number of rotatable bonds is 20. The van der Waals surface area contributed by atoms with Crippen molar-refractivity contribution in [1.29, 1.82) is 0 Å². The fraction of sp³-hybridized carbons (Fsp3) is 0.763. The van der Waals surface area contributed by atoms with Crippen LogP contribution in [0.1, 0.15) is 118 Å². The summed E-state index contributed by atoms with van der Waals surface area (Å²) in [7, 11) is 4.69. The third kappa shape index (κ3) is 13.4. The second-order valence-corrected chi connectivity index (χ2v) is 23.4. The maximum absolute atomic E-state index is 14.2. The van der Waals surface area contributed by atoms with Gasteiger partial charge in [0, 0.05) is 72.4 Å². The first-order valence-corrected chi connectivity index (χ1v) is 28.5. The fourth-order valence-corrected chi connectivity index (χ4v) is 13.6. The van der Waals surface area contributed by atoms with Crippen LogP contribution in [-0.2, 0) is 80.8 Å². The number of hydrogen-bond acceptors (Lipinski definition) is 22. The number of esters is 2. The molecule has 1 aromatic rings. The number of allylic oxidation sites excluding steroid dienone is 1. The van der Waals surface area contributed by atoms with Crippen LogP contribution in [0, 0.1) is 16.7 Å². The number of fused-ring (bicyclic) bond motifs is 1. The molecule has 5 N–H and O–H groups in total. The van der Waals surface area contributed by atoms with E-state index in [-0.39, 0.29) is 49.8 Å². The predicted molar refractivity (Wildman–Crippen MR) is 284 cm³/mol. The molecule has 0 aromatic heterocycles. The Labute approximate surface area is 473 Å². The van der Waals surface area contributed by atoms with Gasteiger partial charge in [-0.3, -0.25) is 14.4 Å². The molecule has 81 heavy (non-hydrogen) atoms. The lowest BCUT2D eigenvalue weighted by molar-refractivity contribution is -0.357. The lowest BCUT2D eigenvalue weighted by Crippen LogP contribution is -2.62. The standard InChI is InChI=1S/C59H86O22/c1-30-53(79-48-27-41(70-9)54(31(2)73-48)80-49-28-42(71-10)55(32(3)74-49)81-56-52(67)51(66)50(65)43(29-60)77-56)40(69-8)26-47(72-30)76-37-20-22-57(6)36(24-37)17-18-39(62)38(57)25-45(78-46(64)19-16-35-14-12-11-13-15-35)58(7)44(63)21-23-59(58,68)33(4)75-34(5)61/h11-17,19,30-33,37-38,40-43,45,47-56,60,65-68H,18,20-29H2,1-10H3. The Morgan fingerprint density at radius 2 is 1.31 bits per heavy atom. The van der Waals surface area contributed by atoms with Crippen LogP contribution >= 0.6 is 0 Å². The zero-order valence-corrected chi connectivity index (χ0v) is 48.2. The molecule has 2 saturated carbocycles. The van der Waals surface area contributed by atoms with Crippen LogP contribution in [0.4, 0.5) is 0 Å². The van der Waals surface area contributed by atoms with Gasteiger partial charge in [-0.1, -0.05) is 48.9 Å². The molecule has 0 amide bonds. The molecular formula is C59H86O22. The molecule has 0 radical (unpaired) electrons. The first-order chi connectivity index (χ1) is 38.5. The smallest absolute Gasteiger partial charge is 0.331 e. The predicted octanol–water partition coefficient (Wildman–Crippen LogP) is 3.55. The van der Waals surface area contributed by atoms with Gasteiger partial charge in [0.15, 0.2) is 25.2 Å². The van der Waals surface area contributed by atoms with E-state index in [1.54, 1.807) is 34.1 Å². The maximum Gasteiger partial charge on any atom is 0.331 e.